The second-order valence-electron chi connectivity index (χ2n) is 4.70. The molecular formula is C14H21N3O2. The monoisotopic (exact) mass is 263 g/mol. The molecule has 0 unspecified atom stereocenters. The molecule has 5 heteroatoms. The lowest BCUT2D eigenvalue weighted by Crippen LogP contribution is -2.36. The fourth-order valence-corrected chi connectivity index (χ4v) is 2.34. The van der Waals surface area contributed by atoms with Crippen molar-refractivity contribution in [2.75, 3.05) is 19.6 Å². The van der Waals surface area contributed by atoms with Gasteiger partial charge in [0.25, 0.3) is 0 Å². The van der Waals surface area contributed by atoms with Crippen LogP contribution < -0.4 is 5.69 Å². The zero-order valence-electron chi connectivity index (χ0n) is 11.5. The van der Waals surface area contributed by atoms with Crippen molar-refractivity contribution in [1.82, 2.24) is 14.5 Å². The van der Waals surface area contributed by atoms with Crippen molar-refractivity contribution in [2.45, 2.75) is 26.5 Å². The van der Waals surface area contributed by atoms with Crippen LogP contribution in [0.25, 0.3) is 11.0 Å². The summed E-state index contributed by atoms with van der Waals surface area (Å²) in [5.41, 5.74) is 1.48. The summed E-state index contributed by atoms with van der Waals surface area (Å²) in [5.74, 6) is 0. The SMILES string of the molecule is CCN(CC)C[C@@H](O)Cn1c(=O)[nH]c2ccccc21. The quantitative estimate of drug-likeness (QED) is 0.818. The van der Waals surface area contributed by atoms with Gasteiger partial charge in [-0.2, -0.15) is 0 Å². The minimum absolute atomic E-state index is 0.167. The Hall–Kier alpha value is -1.59. The molecule has 1 heterocycles. The number of aliphatic hydroxyl groups is 1. The molecule has 0 fully saturated rings. The summed E-state index contributed by atoms with van der Waals surface area (Å²) in [4.78, 5) is 16.8. The maximum atomic E-state index is 11.9. The Balaban J connectivity index is 2.17. The van der Waals surface area contributed by atoms with Crippen LogP contribution in [0.5, 0.6) is 0 Å². The van der Waals surface area contributed by atoms with E-state index in [0.717, 1.165) is 24.1 Å². The number of hydrogen-bond acceptors (Lipinski definition) is 3. The Bertz CT molecular complexity index is 584. The number of nitrogens with zero attached hydrogens (tertiary/aromatic N) is 2. The van der Waals surface area contributed by atoms with Gasteiger partial charge >= 0.3 is 5.69 Å². The van der Waals surface area contributed by atoms with Crippen LogP contribution in [0.3, 0.4) is 0 Å². The van der Waals surface area contributed by atoms with Gasteiger partial charge in [0.15, 0.2) is 0 Å². The number of H-pyrrole nitrogens is 1. The van der Waals surface area contributed by atoms with E-state index in [4.69, 9.17) is 0 Å². The predicted molar refractivity (Wildman–Crippen MR) is 76.4 cm³/mol. The van der Waals surface area contributed by atoms with Crippen molar-refractivity contribution in [3.63, 3.8) is 0 Å². The first-order valence-corrected chi connectivity index (χ1v) is 6.73. The lowest BCUT2D eigenvalue weighted by Gasteiger charge is -2.22. The Morgan fingerprint density at radius 1 is 1.32 bits per heavy atom. The molecule has 0 spiro atoms. The molecule has 0 aliphatic rings. The van der Waals surface area contributed by atoms with Crippen LogP contribution in [0.2, 0.25) is 0 Å². The van der Waals surface area contributed by atoms with Crippen LogP contribution >= 0.6 is 0 Å². The maximum Gasteiger partial charge on any atom is 0.326 e. The number of aliphatic hydroxyl groups excluding tert-OH is 1. The first-order valence-electron chi connectivity index (χ1n) is 6.73. The molecule has 0 amide bonds. The Kier molecular flexibility index (Phi) is 4.39. The highest BCUT2D eigenvalue weighted by Gasteiger charge is 2.13. The van der Waals surface area contributed by atoms with Crippen molar-refractivity contribution in [3.8, 4) is 0 Å². The Labute approximate surface area is 112 Å². The number of para-hydroxylation sites is 2. The van der Waals surface area contributed by atoms with Gasteiger partial charge in [0.1, 0.15) is 0 Å². The average Bonchev–Trinajstić information content (AvgIpc) is 2.72. The molecule has 0 aliphatic carbocycles. The molecule has 104 valence electrons. The Morgan fingerprint density at radius 2 is 2.00 bits per heavy atom. The summed E-state index contributed by atoms with van der Waals surface area (Å²) in [5, 5.41) is 10.1. The molecule has 0 bridgehead atoms. The third kappa shape index (κ3) is 3.05. The smallest absolute Gasteiger partial charge is 0.326 e. The number of aromatic nitrogens is 2. The van der Waals surface area contributed by atoms with Gasteiger partial charge in [-0.3, -0.25) is 4.57 Å². The summed E-state index contributed by atoms with van der Waals surface area (Å²) < 4.78 is 1.60. The van der Waals surface area contributed by atoms with E-state index in [0.29, 0.717) is 13.1 Å². The van der Waals surface area contributed by atoms with Gasteiger partial charge in [-0.05, 0) is 25.2 Å². The Morgan fingerprint density at radius 3 is 2.68 bits per heavy atom. The van der Waals surface area contributed by atoms with E-state index in [1.807, 2.05) is 24.3 Å². The lowest BCUT2D eigenvalue weighted by atomic mass is 10.3. The molecule has 2 N–H and O–H groups in total. The fourth-order valence-electron chi connectivity index (χ4n) is 2.34. The number of nitrogens with one attached hydrogen (secondary N) is 1. The number of aromatic amines is 1. The number of rotatable bonds is 6. The van der Waals surface area contributed by atoms with Crippen LogP contribution in [-0.4, -0.2) is 45.3 Å². The molecule has 0 aliphatic heterocycles. The average molecular weight is 263 g/mol. The molecule has 0 saturated carbocycles. The van der Waals surface area contributed by atoms with Gasteiger partial charge in [0, 0.05) is 6.54 Å². The van der Waals surface area contributed by atoms with Gasteiger partial charge in [-0.1, -0.05) is 26.0 Å². The van der Waals surface area contributed by atoms with Crippen LogP contribution in [0.4, 0.5) is 0 Å². The van der Waals surface area contributed by atoms with E-state index in [1.165, 1.54) is 0 Å². The van der Waals surface area contributed by atoms with Crippen molar-refractivity contribution in [2.24, 2.45) is 0 Å². The molecule has 0 radical (unpaired) electrons. The molecule has 2 aromatic rings. The highest BCUT2D eigenvalue weighted by atomic mass is 16.3. The molecule has 5 nitrogen and oxygen atoms in total. The van der Waals surface area contributed by atoms with Gasteiger partial charge < -0.3 is 15.0 Å². The third-order valence-corrected chi connectivity index (χ3v) is 3.44. The predicted octanol–water partition coefficient (Wildman–Crippen LogP) is 1.03. The van der Waals surface area contributed by atoms with Crippen molar-refractivity contribution >= 4 is 11.0 Å². The molecule has 0 saturated heterocycles. The number of hydrogen-bond donors (Lipinski definition) is 2. The van der Waals surface area contributed by atoms with E-state index in [2.05, 4.69) is 23.7 Å². The minimum atomic E-state index is -0.545. The topological polar surface area (TPSA) is 61.3 Å². The summed E-state index contributed by atoms with van der Waals surface area (Å²) in [7, 11) is 0. The van der Waals surface area contributed by atoms with E-state index >= 15 is 0 Å². The molecule has 1 aromatic carbocycles. The van der Waals surface area contributed by atoms with Crippen molar-refractivity contribution < 1.29 is 5.11 Å². The van der Waals surface area contributed by atoms with E-state index in [9.17, 15) is 9.90 Å². The first kappa shape index (κ1) is 13.8. The normalized spacial score (nSPS) is 13.3. The van der Waals surface area contributed by atoms with Gasteiger partial charge in [0.2, 0.25) is 0 Å². The standard InChI is InChI=1S/C14H21N3O2/c1-3-16(4-2)9-11(18)10-17-13-8-6-5-7-12(13)15-14(17)19/h5-8,11,18H,3-4,9-10H2,1-2H3,(H,15,19)/t11-/m1/s1. The molecule has 1 atom stereocenters. The molecule has 1 aromatic heterocycles. The third-order valence-electron chi connectivity index (χ3n) is 3.44. The van der Waals surface area contributed by atoms with Crippen LogP contribution in [-0.2, 0) is 6.54 Å². The van der Waals surface area contributed by atoms with Crippen molar-refractivity contribution in [1.29, 1.82) is 0 Å². The second kappa shape index (κ2) is 6.04. The van der Waals surface area contributed by atoms with E-state index in [-0.39, 0.29) is 5.69 Å². The summed E-state index contributed by atoms with van der Waals surface area (Å²) in [6.45, 7) is 6.83. The zero-order valence-corrected chi connectivity index (χ0v) is 11.5. The summed E-state index contributed by atoms with van der Waals surface area (Å²) in [6, 6.07) is 7.53. The van der Waals surface area contributed by atoms with Gasteiger partial charge in [0.05, 0.1) is 23.7 Å². The van der Waals surface area contributed by atoms with Crippen LogP contribution in [0.15, 0.2) is 29.1 Å². The minimum Gasteiger partial charge on any atom is -0.390 e. The fraction of sp³-hybridized carbons (Fsp3) is 0.500. The van der Waals surface area contributed by atoms with E-state index < -0.39 is 6.10 Å². The van der Waals surface area contributed by atoms with Crippen LogP contribution in [0, 0.1) is 0 Å². The number of imidazole rings is 1. The zero-order chi connectivity index (χ0) is 13.8. The maximum absolute atomic E-state index is 11.9. The highest BCUT2D eigenvalue weighted by Crippen LogP contribution is 2.09. The number of benzene rings is 1. The van der Waals surface area contributed by atoms with Gasteiger partial charge in [-0.25, -0.2) is 4.79 Å². The lowest BCUT2D eigenvalue weighted by molar-refractivity contribution is 0.103. The molecule has 19 heavy (non-hydrogen) atoms. The molecule has 2 rings (SSSR count). The number of likely N-dealkylation sites (N-methyl/N-ethyl adjacent to an activating group) is 1. The van der Waals surface area contributed by atoms with E-state index in [1.54, 1.807) is 4.57 Å². The largest absolute Gasteiger partial charge is 0.390 e. The second-order valence-corrected chi connectivity index (χ2v) is 4.70. The summed E-state index contributed by atoms with van der Waals surface area (Å²) >= 11 is 0. The summed E-state index contributed by atoms with van der Waals surface area (Å²) in [6.07, 6.45) is -0.545. The van der Waals surface area contributed by atoms with Gasteiger partial charge in [-0.15, -0.1) is 0 Å². The highest BCUT2D eigenvalue weighted by molar-refractivity contribution is 5.74. The number of fused-ring (bicyclic) bond motifs is 1. The van der Waals surface area contributed by atoms with Crippen molar-refractivity contribution in [3.05, 3.63) is 34.7 Å². The molecular weight excluding hydrogens is 242 g/mol. The first-order chi connectivity index (χ1) is 9.15. The van der Waals surface area contributed by atoms with Crippen LogP contribution in [0.1, 0.15) is 13.8 Å².